The van der Waals surface area contributed by atoms with Crippen LogP contribution in [-0.2, 0) is 14.8 Å². The lowest BCUT2D eigenvalue weighted by atomic mass is 10.2. The van der Waals surface area contributed by atoms with Crippen molar-refractivity contribution in [3.05, 3.63) is 42.5 Å². The van der Waals surface area contributed by atoms with Crippen LogP contribution in [0, 0.1) is 0 Å². The van der Waals surface area contributed by atoms with Crippen LogP contribution in [0.15, 0.2) is 47.4 Å². The third kappa shape index (κ3) is 6.37. The number of benzene rings is 2. The van der Waals surface area contributed by atoms with Crippen LogP contribution in [0.1, 0.15) is 20.3 Å². The molecule has 29 heavy (non-hydrogen) atoms. The lowest BCUT2D eigenvalue weighted by molar-refractivity contribution is -0.118. The fraction of sp³-hybridized carbons (Fsp3) is 0.350. The van der Waals surface area contributed by atoms with Gasteiger partial charge in [0, 0.05) is 12.1 Å². The molecule has 0 heterocycles. The van der Waals surface area contributed by atoms with Crippen LogP contribution in [0.25, 0.3) is 0 Å². The van der Waals surface area contributed by atoms with E-state index in [-0.39, 0.29) is 23.5 Å². The summed E-state index contributed by atoms with van der Waals surface area (Å²) in [5, 5.41) is 2.70. The summed E-state index contributed by atoms with van der Waals surface area (Å²) in [6, 6.07) is 10.7. The molecule has 0 bridgehead atoms. The van der Waals surface area contributed by atoms with Gasteiger partial charge < -0.3 is 19.5 Å². The first kappa shape index (κ1) is 22.5. The van der Waals surface area contributed by atoms with Gasteiger partial charge in [-0.1, -0.05) is 6.92 Å². The number of carbonyl (C=O) groups excluding carboxylic acids is 1. The Bertz CT molecular complexity index is 928. The summed E-state index contributed by atoms with van der Waals surface area (Å²) >= 11 is 0. The number of nitrogens with one attached hydrogen (secondary N) is 2. The number of amides is 1. The lowest BCUT2D eigenvalue weighted by Crippen LogP contribution is -2.31. The van der Waals surface area contributed by atoms with Gasteiger partial charge in [-0.3, -0.25) is 4.79 Å². The van der Waals surface area contributed by atoms with Crippen LogP contribution in [-0.4, -0.2) is 41.2 Å². The van der Waals surface area contributed by atoms with Crippen LogP contribution in [0.3, 0.4) is 0 Å². The Hall–Kier alpha value is -2.78. The zero-order valence-corrected chi connectivity index (χ0v) is 17.7. The Labute approximate surface area is 171 Å². The van der Waals surface area contributed by atoms with Gasteiger partial charge >= 0.3 is 0 Å². The van der Waals surface area contributed by atoms with Gasteiger partial charge in [0.15, 0.2) is 6.61 Å². The average Bonchev–Trinajstić information content (AvgIpc) is 2.72. The fourth-order valence-corrected chi connectivity index (χ4v) is 3.70. The van der Waals surface area contributed by atoms with E-state index in [1.165, 1.54) is 38.5 Å². The number of sulfonamides is 1. The van der Waals surface area contributed by atoms with Crippen LogP contribution in [0.2, 0.25) is 0 Å². The number of ether oxygens (including phenoxy) is 3. The number of carbonyl (C=O) groups is 1. The van der Waals surface area contributed by atoms with Crippen molar-refractivity contribution in [2.45, 2.75) is 31.2 Å². The number of hydrogen-bond donors (Lipinski definition) is 2. The summed E-state index contributed by atoms with van der Waals surface area (Å²) in [5.74, 6) is 1.06. The van der Waals surface area contributed by atoms with Gasteiger partial charge in [-0.2, -0.15) is 0 Å². The largest absolute Gasteiger partial charge is 0.497 e. The highest BCUT2D eigenvalue weighted by Crippen LogP contribution is 2.29. The molecule has 1 amide bonds. The van der Waals surface area contributed by atoms with Gasteiger partial charge in [0.25, 0.3) is 5.91 Å². The maximum Gasteiger partial charge on any atom is 0.262 e. The first-order valence-electron chi connectivity index (χ1n) is 9.06. The highest BCUT2D eigenvalue weighted by molar-refractivity contribution is 7.89. The number of anilines is 1. The second-order valence-electron chi connectivity index (χ2n) is 6.31. The van der Waals surface area contributed by atoms with E-state index in [1.807, 2.05) is 6.92 Å². The van der Waals surface area contributed by atoms with Gasteiger partial charge in [0.1, 0.15) is 17.2 Å². The SMILES string of the molecule is CC[C@H](C)NS(=O)(=O)c1ccc(OCC(=O)Nc2ccc(OC)cc2OC)cc1. The highest BCUT2D eigenvalue weighted by Gasteiger charge is 2.16. The number of methoxy groups -OCH3 is 2. The Balaban J connectivity index is 1.96. The quantitative estimate of drug-likeness (QED) is 0.610. The number of hydrogen-bond acceptors (Lipinski definition) is 6. The van der Waals surface area contributed by atoms with Gasteiger partial charge in [-0.15, -0.1) is 0 Å². The lowest BCUT2D eigenvalue weighted by Gasteiger charge is -2.13. The molecule has 0 aliphatic rings. The predicted octanol–water partition coefficient (Wildman–Crippen LogP) is 2.80. The predicted molar refractivity (Wildman–Crippen MR) is 110 cm³/mol. The Kier molecular flexibility index (Phi) is 7.86. The van der Waals surface area contributed by atoms with Crippen LogP contribution in [0.5, 0.6) is 17.2 Å². The van der Waals surface area contributed by atoms with E-state index in [4.69, 9.17) is 14.2 Å². The van der Waals surface area contributed by atoms with E-state index in [2.05, 4.69) is 10.0 Å². The summed E-state index contributed by atoms with van der Waals surface area (Å²) in [5.41, 5.74) is 0.486. The van der Waals surface area contributed by atoms with Crippen molar-refractivity contribution < 1.29 is 27.4 Å². The maximum atomic E-state index is 12.3. The van der Waals surface area contributed by atoms with Gasteiger partial charge in [-0.25, -0.2) is 13.1 Å². The Morgan fingerprint density at radius 2 is 1.69 bits per heavy atom. The maximum absolute atomic E-state index is 12.3. The van der Waals surface area contributed by atoms with Gasteiger partial charge in [0.05, 0.1) is 24.8 Å². The molecule has 0 aromatic heterocycles. The molecule has 8 nitrogen and oxygen atoms in total. The molecule has 0 saturated carbocycles. The first-order chi connectivity index (χ1) is 13.8. The summed E-state index contributed by atoms with van der Waals surface area (Å²) in [7, 11) is -0.551. The molecule has 0 radical (unpaired) electrons. The van der Waals surface area contributed by atoms with E-state index >= 15 is 0 Å². The molecule has 9 heteroatoms. The monoisotopic (exact) mass is 422 g/mol. The van der Waals surface area contributed by atoms with E-state index < -0.39 is 10.0 Å². The molecule has 0 spiro atoms. The average molecular weight is 423 g/mol. The minimum Gasteiger partial charge on any atom is -0.497 e. The molecule has 2 N–H and O–H groups in total. The van der Waals surface area contributed by atoms with E-state index in [1.54, 1.807) is 25.1 Å². The van der Waals surface area contributed by atoms with E-state index in [9.17, 15) is 13.2 Å². The number of rotatable bonds is 10. The zero-order chi connectivity index (χ0) is 21.4. The summed E-state index contributed by atoms with van der Waals surface area (Å²) in [6.07, 6.45) is 0.689. The van der Waals surface area contributed by atoms with Crippen molar-refractivity contribution in [2.24, 2.45) is 0 Å². The third-order valence-corrected chi connectivity index (χ3v) is 5.76. The van der Waals surface area contributed by atoms with Gasteiger partial charge in [0.2, 0.25) is 10.0 Å². The molecular formula is C20H26N2O6S. The Morgan fingerprint density at radius 3 is 2.28 bits per heavy atom. The molecule has 0 aliphatic carbocycles. The van der Waals surface area contributed by atoms with Crippen LogP contribution >= 0.6 is 0 Å². The molecular weight excluding hydrogens is 396 g/mol. The highest BCUT2D eigenvalue weighted by atomic mass is 32.2. The molecule has 2 aromatic carbocycles. The minimum absolute atomic E-state index is 0.137. The topological polar surface area (TPSA) is 103 Å². The van der Waals surface area contributed by atoms with E-state index in [0.717, 1.165) is 0 Å². The van der Waals surface area contributed by atoms with Crippen molar-refractivity contribution in [3.8, 4) is 17.2 Å². The normalized spacial score (nSPS) is 12.1. The molecule has 158 valence electrons. The van der Waals surface area contributed by atoms with Crippen molar-refractivity contribution in [2.75, 3.05) is 26.1 Å². The smallest absolute Gasteiger partial charge is 0.262 e. The van der Waals surface area contributed by atoms with Crippen molar-refractivity contribution in [3.63, 3.8) is 0 Å². The fourth-order valence-electron chi connectivity index (χ4n) is 2.37. The van der Waals surface area contributed by atoms with Crippen molar-refractivity contribution in [1.29, 1.82) is 0 Å². The summed E-state index contributed by atoms with van der Waals surface area (Å²) < 4.78 is 42.9. The second kappa shape index (κ2) is 10.1. The molecule has 2 aromatic rings. The van der Waals surface area contributed by atoms with Crippen molar-refractivity contribution >= 4 is 21.6 Å². The summed E-state index contributed by atoms with van der Waals surface area (Å²) in [4.78, 5) is 12.3. The third-order valence-electron chi connectivity index (χ3n) is 4.16. The Morgan fingerprint density at radius 1 is 1.03 bits per heavy atom. The molecule has 1 atom stereocenters. The summed E-state index contributed by atoms with van der Waals surface area (Å²) in [6.45, 7) is 3.45. The van der Waals surface area contributed by atoms with Crippen LogP contribution < -0.4 is 24.2 Å². The molecule has 0 saturated heterocycles. The standard InChI is InChI=1S/C20H26N2O6S/c1-5-14(2)22-29(24,25)17-9-6-15(7-10-17)28-13-20(23)21-18-11-8-16(26-3)12-19(18)27-4/h6-12,14,22H,5,13H2,1-4H3,(H,21,23)/t14-/m0/s1. The first-order valence-corrected chi connectivity index (χ1v) is 10.5. The van der Waals surface area contributed by atoms with Gasteiger partial charge in [-0.05, 0) is 49.7 Å². The molecule has 2 rings (SSSR count). The molecule has 0 aliphatic heterocycles. The van der Waals surface area contributed by atoms with Crippen molar-refractivity contribution in [1.82, 2.24) is 4.72 Å². The minimum atomic E-state index is -3.58. The zero-order valence-electron chi connectivity index (χ0n) is 16.9. The molecule has 0 fully saturated rings. The second-order valence-corrected chi connectivity index (χ2v) is 8.02. The molecule has 0 unspecified atom stereocenters. The van der Waals surface area contributed by atoms with Crippen LogP contribution in [0.4, 0.5) is 5.69 Å². The van der Waals surface area contributed by atoms with E-state index in [0.29, 0.717) is 29.4 Å².